The fraction of sp³-hybridized carbons (Fsp3) is 0.308. The largest absolute Gasteiger partial charge is 0.367 e. The number of hydrogen-bond donors (Lipinski definition) is 1. The number of nitriles is 1. The summed E-state index contributed by atoms with van der Waals surface area (Å²) in [5.41, 5.74) is 4.79. The monoisotopic (exact) mass is 423 g/mol. The van der Waals surface area contributed by atoms with Gasteiger partial charge in [-0.05, 0) is 30.9 Å². The Morgan fingerprint density at radius 1 is 1.19 bits per heavy atom. The van der Waals surface area contributed by atoms with Crippen LogP contribution in [-0.4, -0.2) is 26.7 Å². The first kappa shape index (κ1) is 20.2. The fourth-order valence-corrected chi connectivity index (χ4v) is 4.02. The molecule has 0 spiro atoms. The van der Waals surface area contributed by atoms with Crippen LogP contribution in [0, 0.1) is 22.7 Å². The van der Waals surface area contributed by atoms with Crippen LogP contribution in [0.4, 0.5) is 5.82 Å². The van der Waals surface area contributed by atoms with Crippen LogP contribution in [0.15, 0.2) is 54.7 Å². The number of rotatable bonds is 7. The number of carbonyl (C=O) groups is 1. The van der Waals surface area contributed by atoms with E-state index in [4.69, 9.17) is 4.98 Å². The number of carbonyl (C=O) groups excluding carboxylic acids is 1. The number of para-hydroxylation sites is 2. The lowest BCUT2D eigenvalue weighted by Gasteiger charge is -2.13. The van der Waals surface area contributed by atoms with Crippen LogP contribution in [0.2, 0.25) is 0 Å². The van der Waals surface area contributed by atoms with Crippen LogP contribution >= 0.6 is 0 Å². The van der Waals surface area contributed by atoms with Crippen LogP contribution in [0.25, 0.3) is 27.9 Å². The molecule has 6 heteroatoms. The van der Waals surface area contributed by atoms with Gasteiger partial charge in [0, 0.05) is 24.1 Å². The summed E-state index contributed by atoms with van der Waals surface area (Å²) in [4.78, 5) is 22.1. The van der Waals surface area contributed by atoms with Gasteiger partial charge in [-0.15, -0.1) is 0 Å². The Morgan fingerprint density at radius 3 is 2.62 bits per heavy atom. The third-order valence-corrected chi connectivity index (χ3v) is 6.10. The minimum Gasteiger partial charge on any atom is -0.367 e. The van der Waals surface area contributed by atoms with Crippen molar-refractivity contribution in [1.29, 1.82) is 5.26 Å². The van der Waals surface area contributed by atoms with Gasteiger partial charge >= 0.3 is 0 Å². The quantitative estimate of drug-likeness (QED) is 0.397. The number of ketones is 1. The van der Waals surface area contributed by atoms with Crippen molar-refractivity contribution in [3.05, 3.63) is 60.3 Å². The second kappa shape index (κ2) is 7.76. The number of fused-ring (bicyclic) bond motifs is 3. The summed E-state index contributed by atoms with van der Waals surface area (Å²) in [5.74, 6) is 1.28. The van der Waals surface area contributed by atoms with Crippen molar-refractivity contribution in [2.24, 2.45) is 11.3 Å². The molecule has 1 N–H and O–H groups in total. The van der Waals surface area contributed by atoms with E-state index in [0.717, 1.165) is 53.1 Å². The summed E-state index contributed by atoms with van der Waals surface area (Å²) in [6.45, 7) is 5.13. The first-order chi connectivity index (χ1) is 15.5. The Balaban J connectivity index is 1.54. The number of benzene rings is 2. The molecular weight excluding hydrogens is 398 g/mol. The molecule has 160 valence electrons. The van der Waals surface area contributed by atoms with Gasteiger partial charge in [0.1, 0.15) is 0 Å². The normalized spacial score (nSPS) is 14.6. The van der Waals surface area contributed by atoms with Gasteiger partial charge in [0.25, 0.3) is 0 Å². The lowest BCUT2D eigenvalue weighted by Crippen LogP contribution is -2.11. The average Bonchev–Trinajstić information content (AvgIpc) is 3.44. The Kier molecular flexibility index (Phi) is 4.90. The van der Waals surface area contributed by atoms with E-state index in [9.17, 15) is 10.1 Å². The van der Waals surface area contributed by atoms with Crippen molar-refractivity contribution >= 4 is 28.3 Å². The lowest BCUT2D eigenvalue weighted by atomic mass is 9.96. The fourth-order valence-electron chi connectivity index (χ4n) is 4.02. The Morgan fingerprint density at radius 2 is 1.94 bits per heavy atom. The Labute approximate surface area is 186 Å². The maximum absolute atomic E-state index is 12.6. The molecule has 0 atom stereocenters. The molecule has 5 rings (SSSR count). The molecule has 0 aliphatic heterocycles. The van der Waals surface area contributed by atoms with Gasteiger partial charge in [-0.25, -0.2) is 9.97 Å². The molecule has 6 nitrogen and oxygen atoms in total. The molecule has 1 fully saturated rings. The molecule has 0 saturated heterocycles. The van der Waals surface area contributed by atoms with Crippen LogP contribution < -0.4 is 5.32 Å². The molecular formula is C26H25N5O. The minimum atomic E-state index is -0.428. The van der Waals surface area contributed by atoms with Gasteiger partial charge in [-0.3, -0.25) is 9.20 Å². The van der Waals surface area contributed by atoms with E-state index in [1.807, 2.05) is 54.7 Å². The van der Waals surface area contributed by atoms with Gasteiger partial charge in [-0.2, -0.15) is 5.26 Å². The zero-order valence-corrected chi connectivity index (χ0v) is 18.3. The topological polar surface area (TPSA) is 83.1 Å². The Hall–Kier alpha value is -3.72. The van der Waals surface area contributed by atoms with E-state index in [2.05, 4.69) is 34.6 Å². The molecule has 2 aromatic carbocycles. The van der Waals surface area contributed by atoms with E-state index in [-0.39, 0.29) is 5.78 Å². The van der Waals surface area contributed by atoms with Crippen LogP contribution in [0.3, 0.4) is 0 Å². The van der Waals surface area contributed by atoms with E-state index >= 15 is 0 Å². The van der Waals surface area contributed by atoms with E-state index < -0.39 is 5.41 Å². The number of nitrogens with one attached hydrogen (secondary N) is 1. The summed E-state index contributed by atoms with van der Waals surface area (Å²) in [6.07, 6.45) is 3.81. The minimum absolute atomic E-state index is 0.0311. The first-order valence-corrected chi connectivity index (χ1v) is 11.0. The van der Waals surface area contributed by atoms with Crippen molar-refractivity contribution in [1.82, 2.24) is 14.4 Å². The molecule has 1 saturated carbocycles. The summed E-state index contributed by atoms with van der Waals surface area (Å²) < 4.78 is 2.12. The highest BCUT2D eigenvalue weighted by Crippen LogP contribution is 2.48. The second-order valence-corrected chi connectivity index (χ2v) is 9.10. The number of aromatic nitrogens is 3. The van der Waals surface area contributed by atoms with Gasteiger partial charge in [0.2, 0.25) is 0 Å². The number of Topliss-reactive ketones (excluding diaryl/α,β-unsaturated/α-hetero) is 1. The zero-order valence-electron chi connectivity index (χ0n) is 18.3. The predicted molar refractivity (Wildman–Crippen MR) is 125 cm³/mol. The number of hydrogen-bond acceptors (Lipinski definition) is 5. The summed E-state index contributed by atoms with van der Waals surface area (Å²) in [6, 6.07) is 18.0. The smallest absolute Gasteiger partial charge is 0.181 e. The third kappa shape index (κ3) is 3.60. The predicted octanol–water partition coefficient (Wildman–Crippen LogP) is 5.49. The van der Waals surface area contributed by atoms with Gasteiger partial charge in [0.05, 0.1) is 34.4 Å². The molecule has 0 amide bonds. The van der Waals surface area contributed by atoms with Crippen LogP contribution in [-0.2, 0) is 0 Å². The standard InChI is InChI=1S/C26H25N5O/c1-17(2)14-28-24-25-29-15-22(31(25)21-6-4-3-5-20(21)30-24)18-7-9-19(10-8-18)23(32)13-26(16-27)11-12-26/h3-10,15,17H,11-14H2,1-2H3,(H,28,30). The van der Waals surface area contributed by atoms with E-state index in [0.29, 0.717) is 17.9 Å². The molecule has 32 heavy (non-hydrogen) atoms. The number of anilines is 1. The van der Waals surface area contributed by atoms with E-state index in [1.54, 1.807) is 0 Å². The molecule has 0 radical (unpaired) electrons. The highest BCUT2D eigenvalue weighted by Gasteiger charge is 2.44. The van der Waals surface area contributed by atoms with E-state index in [1.165, 1.54) is 0 Å². The molecule has 1 aliphatic carbocycles. The summed E-state index contributed by atoms with van der Waals surface area (Å²) in [7, 11) is 0. The third-order valence-electron chi connectivity index (χ3n) is 6.10. The lowest BCUT2D eigenvalue weighted by molar-refractivity contribution is 0.0966. The molecule has 0 unspecified atom stereocenters. The highest BCUT2D eigenvalue weighted by atomic mass is 16.1. The maximum Gasteiger partial charge on any atom is 0.181 e. The average molecular weight is 424 g/mol. The maximum atomic E-state index is 12.6. The van der Waals surface area contributed by atoms with Crippen molar-refractivity contribution < 1.29 is 4.79 Å². The zero-order chi connectivity index (χ0) is 22.3. The van der Waals surface area contributed by atoms with Gasteiger partial charge in [-0.1, -0.05) is 50.2 Å². The molecule has 2 aromatic heterocycles. The summed E-state index contributed by atoms with van der Waals surface area (Å²) >= 11 is 0. The summed E-state index contributed by atoms with van der Waals surface area (Å²) in [5, 5.41) is 12.7. The first-order valence-electron chi connectivity index (χ1n) is 11.0. The van der Waals surface area contributed by atoms with Gasteiger partial charge in [0.15, 0.2) is 17.2 Å². The second-order valence-electron chi connectivity index (χ2n) is 9.10. The number of nitrogens with zero attached hydrogens (tertiary/aromatic N) is 4. The SMILES string of the molecule is CC(C)CNc1nc2ccccc2n2c(-c3ccc(C(=O)CC4(C#N)CC4)cc3)cnc12. The van der Waals surface area contributed by atoms with Crippen molar-refractivity contribution in [3.63, 3.8) is 0 Å². The Bertz CT molecular complexity index is 1360. The van der Waals surface area contributed by atoms with Gasteiger partial charge < -0.3 is 5.32 Å². The molecule has 0 bridgehead atoms. The molecule has 2 heterocycles. The molecule has 4 aromatic rings. The highest BCUT2D eigenvalue weighted by molar-refractivity contribution is 5.97. The molecule has 1 aliphatic rings. The van der Waals surface area contributed by atoms with Crippen LogP contribution in [0.1, 0.15) is 43.5 Å². The number of imidazole rings is 1. The van der Waals surface area contributed by atoms with Crippen LogP contribution in [0.5, 0.6) is 0 Å². The van der Waals surface area contributed by atoms with Crippen molar-refractivity contribution in [3.8, 4) is 17.3 Å². The van der Waals surface area contributed by atoms with Crippen molar-refractivity contribution in [2.75, 3.05) is 11.9 Å². The van der Waals surface area contributed by atoms with Crippen molar-refractivity contribution in [2.45, 2.75) is 33.1 Å².